The summed E-state index contributed by atoms with van der Waals surface area (Å²) in [6, 6.07) is 9.74. The zero-order valence-corrected chi connectivity index (χ0v) is 18.2. The van der Waals surface area contributed by atoms with E-state index in [2.05, 4.69) is 5.32 Å². The van der Waals surface area contributed by atoms with Crippen LogP contribution in [-0.2, 0) is 4.79 Å². The number of nitrogens with zero attached hydrogens (tertiary/aromatic N) is 1. The van der Waals surface area contributed by atoms with E-state index in [4.69, 9.17) is 21.1 Å². The van der Waals surface area contributed by atoms with Crippen LogP contribution in [0.15, 0.2) is 36.4 Å². The SMILES string of the molecule is COc1cc(C(C)=O)ccc1OCCCC(=O)Nc1ccc(Cl)c(C(=O)N(C)C)c1. The van der Waals surface area contributed by atoms with Crippen molar-refractivity contribution < 1.29 is 23.9 Å². The Morgan fingerprint density at radius 2 is 1.80 bits per heavy atom. The Morgan fingerprint density at radius 3 is 2.43 bits per heavy atom. The summed E-state index contributed by atoms with van der Waals surface area (Å²) in [5.41, 5.74) is 1.36. The van der Waals surface area contributed by atoms with Crippen LogP contribution in [0.25, 0.3) is 0 Å². The summed E-state index contributed by atoms with van der Waals surface area (Å²) in [7, 11) is 4.76. The average molecular weight is 433 g/mol. The van der Waals surface area contributed by atoms with Crippen LogP contribution in [-0.4, -0.2) is 50.3 Å². The number of halogens is 1. The second kappa shape index (κ2) is 10.6. The number of nitrogens with one attached hydrogen (secondary N) is 1. The Bertz CT molecular complexity index is 943. The molecule has 1 N–H and O–H groups in total. The zero-order valence-electron chi connectivity index (χ0n) is 17.5. The molecule has 0 saturated heterocycles. The lowest BCUT2D eigenvalue weighted by atomic mass is 10.1. The summed E-state index contributed by atoms with van der Waals surface area (Å²) in [6.45, 7) is 1.78. The van der Waals surface area contributed by atoms with E-state index in [9.17, 15) is 14.4 Å². The molecule has 7 nitrogen and oxygen atoms in total. The van der Waals surface area contributed by atoms with Gasteiger partial charge in [0.05, 0.1) is 24.3 Å². The summed E-state index contributed by atoms with van der Waals surface area (Å²) in [5.74, 6) is 0.463. The molecule has 160 valence electrons. The van der Waals surface area contributed by atoms with Gasteiger partial charge in [0, 0.05) is 31.8 Å². The molecule has 0 aliphatic carbocycles. The number of anilines is 1. The lowest BCUT2D eigenvalue weighted by molar-refractivity contribution is -0.116. The van der Waals surface area contributed by atoms with Crippen LogP contribution in [0.2, 0.25) is 5.02 Å². The number of hydrogen-bond donors (Lipinski definition) is 1. The van der Waals surface area contributed by atoms with Crippen molar-refractivity contribution in [3.05, 3.63) is 52.5 Å². The fourth-order valence-corrected chi connectivity index (χ4v) is 2.85. The fraction of sp³-hybridized carbons (Fsp3) is 0.318. The third-order valence-corrected chi connectivity index (χ3v) is 4.59. The van der Waals surface area contributed by atoms with Gasteiger partial charge in [-0.05, 0) is 49.7 Å². The number of benzene rings is 2. The Morgan fingerprint density at radius 1 is 1.07 bits per heavy atom. The first-order valence-corrected chi connectivity index (χ1v) is 9.73. The number of Topliss-reactive ketones (excluding diaryl/α,β-unsaturated/α-hetero) is 1. The van der Waals surface area contributed by atoms with E-state index in [1.165, 1.54) is 18.9 Å². The molecule has 0 bridgehead atoms. The summed E-state index contributed by atoms with van der Waals surface area (Å²) < 4.78 is 10.9. The molecule has 30 heavy (non-hydrogen) atoms. The molecule has 8 heteroatoms. The highest BCUT2D eigenvalue weighted by molar-refractivity contribution is 6.34. The second-order valence-corrected chi connectivity index (χ2v) is 7.22. The highest BCUT2D eigenvalue weighted by Crippen LogP contribution is 2.28. The number of amides is 2. The molecule has 0 unspecified atom stereocenters. The minimum absolute atomic E-state index is 0.0610. The van der Waals surface area contributed by atoms with Gasteiger partial charge in [-0.2, -0.15) is 0 Å². The molecule has 2 aromatic rings. The van der Waals surface area contributed by atoms with Gasteiger partial charge >= 0.3 is 0 Å². The quantitative estimate of drug-likeness (QED) is 0.477. The number of ether oxygens (including phenoxy) is 2. The number of methoxy groups -OCH3 is 1. The van der Waals surface area contributed by atoms with Crippen LogP contribution >= 0.6 is 11.6 Å². The zero-order chi connectivity index (χ0) is 22.3. The van der Waals surface area contributed by atoms with Crippen LogP contribution in [0.3, 0.4) is 0 Å². The maximum absolute atomic E-state index is 12.2. The highest BCUT2D eigenvalue weighted by Gasteiger charge is 2.14. The normalized spacial score (nSPS) is 10.3. The van der Waals surface area contributed by atoms with Crippen molar-refractivity contribution in [2.24, 2.45) is 0 Å². The van der Waals surface area contributed by atoms with Crippen LogP contribution in [0.1, 0.15) is 40.5 Å². The minimum Gasteiger partial charge on any atom is -0.493 e. The number of rotatable bonds is 9. The molecule has 0 saturated carbocycles. The Hall–Kier alpha value is -3.06. The number of carbonyl (C=O) groups excluding carboxylic acids is 3. The average Bonchev–Trinajstić information content (AvgIpc) is 2.71. The van der Waals surface area contributed by atoms with Gasteiger partial charge in [0.15, 0.2) is 17.3 Å². The predicted octanol–water partition coefficient (Wildman–Crippen LogP) is 4.05. The van der Waals surface area contributed by atoms with Crippen molar-refractivity contribution in [1.29, 1.82) is 0 Å². The lowest BCUT2D eigenvalue weighted by Gasteiger charge is -2.13. The molecule has 2 rings (SSSR count). The molecular weight excluding hydrogens is 408 g/mol. The molecule has 0 aliphatic heterocycles. The van der Waals surface area contributed by atoms with Crippen molar-refractivity contribution >= 4 is 34.9 Å². The van der Waals surface area contributed by atoms with Gasteiger partial charge in [0.25, 0.3) is 5.91 Å². The largest absolute Gasteiger partial charge is 0.493 e. The highest BCUT2D eigenvalue weighted by atomic mass is 35.5. The molecule has 2 amide bonds. The number of ketones is 1. The molecule has 0 fully saturated rings. The molecule has 0 aliphatic rings. The Kier molecular flexibility index (Phi) is 8.24. The van der Waals surface area contributed by atoms with E-state index >= 15 is 0 Å². The van der Waals surface area contributed by atoms with Crippen molar-refractivity contribution in [1.82, 2.24) is 4.90 Å². The van der Waals surface area contributed by atoms with Gasteiger partial charge in [0.1, 0.15) is 0 Å². The summed E-state index contributed by atoms with van der Waals surface area (Å²) >= 11 is 6.08. The second-order valence-electron chi connectivity index (χ2n) is 6.82. The van der Waals surface area contributed by atoms with E-state index in [0.717, 1.165) is 0 Å². The van der Waals surface area contributed by atoms with Crippen LogP contribution < -0.4 is 14.8 Å². The van der Waals surface area contributed by atoms with Crippen LogP contribution in [0.4, 0.5) is 5.69 Å². The van der Waals surface area contributed by atoms with E-state index in [-0.39, 0.29) is 24.0 Å². The third kappa shape index (κ3) is 6.22. The molecule has 2 aromatic carbocycles. The molecule has 0 heterocycles. The van der Waals surface area contributed by atoms with Gasteiger partial charge in [-0.15, -0.1) is 0 Å². The molecule has 0 radical (unpaired) electrons. The molecule has 0 aromatic heterocycles. The number of hydrogen-bond acceptors (Lipinski definition) is 5. The minimum atomic E-state index is -0.241. The van der Waals surface area contributed by atoms with E-state index in [1.54, 1.807) is 50.5 Å². The Labute approximate surface area is 180 Å². The first-order chi connectivity index (χ1) is 14.2. The van der Waals surface area contributed by atoms with Gasteiger partial charge in [-0.3, -0.25) is 14.4 Å². The lowest BCUT2D eigenvalue weighted by Crippen LogP contribution is -2.22. The topological polar surface area (TPSA) is 84.9 Å². The number of carbonyl (C=O) groups is 3. The molecular formula is C22H25ClN2O5. The van der Waals surface area contributed by atoms with Crippen LogP contribution in [0.5, 0.6) is 11.5 Å². The van der Waals surface area contributed by atoms with Gasteiger partial charge in [0.2, 0.25) is 5.91 Å². The van der Waals surface area contributed by atoms with Crippen molar-refractivity contribution in [2.75, 3.05) is 33.1 Å². The van der Waals surface area contributed by atoms with Crippen molar-refractivity contribution in [3.8, 4) is 11.5 Å². The van der Waals surface area contributed by atoms with Gasteiger partial charge in [-0.25, -0.2) is 0 Å². The summed E-state index contributed by atoms with van der Waals surface area (Å²) in [4.78, 5) is 37.2. The monoisotopic (exact) mass is 432 g/mol. The van der Waals surface area contributed by atoms with Crippen molar-refractivity contribution in [3.63, 3.8) is 0 Å². The first kappa shape index (κ1) is 23.2. The maximum Gasteiger partial charge on any atom is 0.254 e. The maximum atomic E-state index is 12.2. The van der Waals surface area contributed by atoms with Crippen molar-refractivity contribution in [2.45, 2.75) is 19.8 Å². The van der Waals surface area contributed by atoms with E-state index in [1.807, 2.05) is 0 Å². The fourth-order valence-electron chi connectivity index (χ4n) is 2.65. The smallest absolute Gasteiger partial charge is 0.254 e. The predicted molar refractivity (Wildman–Crippen MR) is 116 cm³/mol. The van der Waals surface area contributed by atoms with E-state index in [0.29, 0.717) is 46.4 Å². The van der Waals surface area contributed by atoms with Crippen LogP contribution in [0, 0.1) is 0 Å². The first-order valence-electron chi connectivity index (χ1n) is 9.35. The van der Waals surface area contributed by atoms with Gasteiger partial charge < -0.3 is 19.7 Å². The Balaban J connectivity index is 1.88. The van der Waals surface area contributed by atoms with E-state index < -0.39 is 0 Å². The molecule has 0 atom stereocenters. The standard InChI is InChI=1S/C22H25ClN2O5/c1-14(26)15-7-10-19(20(12-15)29-4)30-11-5-6-21(27)24-16-8-9-18(23)17(13-16)22(28)25(2)3/h7-10,12-13H,5-6,11H2,1-4H3,(H,24,27). The third-order valence-electron chi connectivity index (χ3n) is 4.26. The summed E-state index contributed by atoms with van der Waals surface area (Å²) in [6.07, 6.45) is 0.702. The molecule has 0 spiro atoms. The summed E-state index contributed by atoms with van der Waals surface area (Å²) in [5, 5.41) is 3.08. The van der Waals surface area contributed by atoms with Gasteiger partial charge in [-0.1, -0.05) is 11.6 Å².